The molecule has 1 rings (SSSR count). The summed E-state index contributed by atoms with van der Waals surface area (Å²) >= 11 is 0. The Bertz CT molecular complexity index is 404. The Morgan fingerprint density at radius 3 is 2.71 bits per heavy atom. The lowest BCUT2D eigenvalue weighted by atomic mass is 10.1. The SMILES string of the molecule is CCCC(C)N(C)c1c(N)cccc1C(=O)O. The summed E-state index contributed by atoms with van der Waals surface area (Å²) in [4.78, 5) is 13.1. The van der Waals surface area contributed by atoms with Gasteiger partial charge in [-0.15, -0.1) is 0 Å². The lowest BCUT2D eigenvalue weighted by Crippen LogP contribution is -2.30. The molecule has 0 fully saturated rings. The average Bonchev–Trinajstić information content (AvgIpc) is 2.28. The number of nitrogens with two attached hydrogens (primary N) is 1. The Kier molecular flexibility index (Phi) is 4.37. The first kappa shape index (κ1) is 13.4. The van der Waals surface area contributed by atoms with Gasteiger partial charge in [0.15, 0.2) is 0 Å². The Morgan fingerprint density at radius 1 is 1.53 bits per heavy atom. The van der Waals surface area contributed by atoms with E-state index < -0.39 is 5.97 Å². The van der Waals surface area contributed by atoms with Gasteiger partial charge < -0.3 is 15.7 Å². The lowest BCUT2D eigenvalue weighted by Gasteiger charge is -2.29. The summed E-state index contributed by atoms with van der Waals surface area (Å²) in [5.74, 6) is -0.942. The second-order valence-electron chi connectivity index (χ2n) is 4.30. The maximum atomic E-state index is 11.2. The van der Waals surface area contributed by atoms with Crippen molar-refractivity contribution in [3.8, 4) is 0 Å². The molecule has 94 valence electrons. The third kappa shape index (κ3) is 2.90. The van der Waals surface area contributed by atoms with Crippen molar-refractivity contribution >= 4 is 17.3 Å². The molecule has 17 heavy (non-hydrogen) atoms. The second-order valence-corrected chi connectivity index (χ2v) is 4.30. The van der Waals surface area contributed by atoms with E-state index in [1.165, 1.54) is 0 Å². The minimum Gasteiger partial charge on any atom is -0.478 e. The fourth-order valence-electron chi connectivity index (χ4n) is 1.96. The highest BCUT2D eigenvalue weighted by Gasteiger charge is 2.19. The number of rotatable bonds is 5. The van der Waals surface area contributed by atoms with E-state index >= 15 is 0 Å². The second kappa shape index (κ2) is 5.57. The van der Waals surface area contributed by atoms with Crippen LogP contribution in [-0.2, 0) is 0 Å². The van der Waals surface area contributed by atoms with Crippen molar-refractivity contribution in [1.82, 2.24) is 0 Å². The molecule has 0 saturated heterocycles. The molecule has 1 unspecified atom stereocenters. The zero-order chi connectivity index (χ0) is 13.0. The van der Waals surface area contributed by atoms with Gasteiger partial charge in [0.1, 0.15) is 0 Å². The van der Waals surface area contributed by atoms with Crippen molar-refractivity contribution < 1.29 is 9.90 Å². The highest BCUT2D eigenvalue weighted by molar-refractivity contribution is 5.98. The topological polar surface area (TPSA) is 66.6 Å². The van der Waals surface area contributed by atoms with Gasteiger partial charge in [0.05, 0.1) is 16.9 Å². The van der Waals surface area contributed by atoms with Crippen LogP contribution in [0, 0.1) is 0 Å². The van der Waals surface area contributed by atoms with Crippen LogP contribution in [0.4, 0.5) is 11.4 Å². The molecule has 1 aromatic carbocycles. The molecule has 0 saturated carbocycles. The lowest BCUT2D eigenvalue weighted by molar-refractivity contribution is 0.0697. The molecule has 0 spiro atoms. The molecule has 0 radical (unpaired) electrons. The number of nitrogen functional groups attached to an aromatic ring is 1. The summed E-state index contributed by atoms with van der Waals surface area (Å²) in [6.07, 6.45) is 2.06. The molecule has 0 heterocycles. The van der Waals surface area contributed by atoms with Crippen LogP contribution in [0.5, 0.6) is 0 Å². The number of nitrogens with zero attached hydrogens (tertiary/aromatic N) is 1. The Morgan fingerprint density at radius 2 is 2.18 bits per heavy atom. The van der Waals surface area contributed by atoms with Crippen LogP contribution in [0.2, 0.25) is 0 Å². The Hall–Kier alpha value is -1.71. The number of carboxylic acid groups (broad SMARTS) is 1. The van der Waals surface area contributed by atoms with Gasteiger partial charge in [-0.05, 0) is 25.5 Å². The van der Waals surface area contributed by atoms with Crippen molar-refractivity contribution in [2.75, 3.05) is 17.7 Å². The summed E-state index contributed by atoms with van der Waals surface area (Å²) < 4.78 is 0. The van der Waals surface area contributed by atoms with Gasteiger partial charge in [0.2, 0.25) is 0 Å². The van der Waals surface area contributed by atoms with Crippen LogP contribution in [0.1, 0.15) is 37.0 Å². The number of anilines is 2. The standard InChI is InChI=1S/C13H20N2O2/c1-4-6-9(2)15(3)12-10(13(16)17)7-5-8-11(12)14/h5,7-9H,4,6,14H2,1-3H3,(H,16,17). The summed E-state index contributed by atoms with van der Waals surface area (Å²) in [6, 6.07) is 5.25. The van der Waals surface area contributed by atoms with Gasteiger partial charge in [0, 0.05) is 13.1 Å². The largest absolute Gasteiger partial charge is 0.478 e. The average molecular weight is 236 g/mol. The molecule has 0 aromatic heterocycles. The molecular weight excluding hydrogens is 216 g/mol. The molecule has 0 bridgehead atoms. The van der Waals surface area contributed by atoms with Gasteiger partial charge in [-0.25, -0.2) is 4.79 Å². The fourth-order valence-corrected chi connectivity index (χ4v) is 1.96. The van der Waals surface area contributed by atoms with Crippen LogP contribution in [0.3, 0.4) is 0 Å². The Balaban J connectivity index is 3.15. The van der Waals surface area contributed by atoms with Gasteiger partial charge >= 0.3 is 5.97 Å². The van der Waals surface area contributed by atoms with Crippen molar-refractivity contribution in [2.24, 2.45) is 0 Å². The van der Waals surface area contributed by atoms with Crippen LogP contribution >= 0.6 is 0 Å². The number of hydrogen-bond donors (Lipinski definition) is 2. The van der Waals surface area contributed by atoms with E-state index in [0.717, 1.165) is 12.8 Å². The van der Waals surface area contributed by atoms with E-state index in [4.69, 9.17) is 10.8 Å². The van der Waals surface area contributed by atoms with Gasteiger partial charge in [-0.3, -0.25) is 0 Å². The van der Waals surface area contributed by atoms with Gasteiger partial charge in [-0.2, -0.15) is 0 Å². The molecular formula is C13H20N2O2. The van der Waals surface area contributed by atoms with E-state index in [1.807, 2.05) is 11.9 Å². The molecule has 4 nitrogen and oxygen atoms in total. The number of carbonyl (C=O) groups is 1. The first-order valence-electron chi connectivity index (χ1n) is 5.83. The normalized spacial score (nSPS) is 12.2. The van der Waals surface area contributed by atoms with E-state index in [0.29, 0.717) is 11.4 Å². The molecule has 0 aliphatic rings. The minimum absolute atomic E-state index is 0.260. The van der Waals surface area contributed by atoms with E-state index in [9.17, 15) is 4.79 Å². The molecule has 1 atom stereocenters. The number of hydrogen-bond acceptors (Lipinski definition) is 3. The molecule has 1 aromatic rings. The van der Waals surface area contributed by atoms with Crippen LogP contribution < -0.4 is 10.6 Å². The van der Waals surface area contributed by atoms with Crippen molar-refractivity contribution in [2.45, 2.75) is 32.7 Å². The zero-order valence-corrected chi connectivity index (χ0v) is 10.6. The van der Waals surface area contributed by atoms with Crippen LogP contribution in [-0.4, -0.2) is 24.2 Å². The van der Waals surface area contributed by atoms with E-state index in [-0.39, 0.29) is 11.6 Å². The molecule has 0 aliphatic heterocycles. The molecule has 0 amide bonds. The Labute approximate surface area is 102 Å². The summed E-state index contributed by atoms with van der Waals surface area (Å²) in [6.45, 7) is 4.18. The van der Waals surface area contributed by atoms with Crippen molar-refractivity contribution in [3.05, 3.63) is 23.8 Å². The van der Waals surface area contributed by atoms with Crippen molar-refractivity contribution in [1.29, 1.82) is 0 Å². The third-order valence-corrected chi connectivity index (χ3v) is 3.02. The highest BCUT2D eigenvalue weighted by Crippen LogP contribution is 2.29. The van der Waals surface area contributed by atoms with E-state index in [2.05, 4.69) is 13.8 Å². The molecule has 4 heteroatoms. The predicted octanol–water partition coefficient (Wildman–Crippen LogP) is 2.59. The fraction of sp³-hybridized carbons (Fsp3) is 0.462. The highest BCUT2D eigenvalue weighted by atomic mass is 16.4. The number of para-hydroxylation sites is 1. The molecule has 3 N–H and O–H groups in total. The monoisotopic (exact) mass is 236 g/mol. The summed E-state index contributed by atoms with van der Waals surface area (Å²) in [7, 11) is 1.89. The van der Waals surface area contributed by atoms with Gasteiger partial charge in [-0.1, -0.05) is 19.4 Å². The minimum atomic E-state index is -0.942. The third-order valence-electron chi connectivity index (χ3n) is 3.02. The quantitative estimate of drug-likeness (QED) is 0.771. The summed E-state index contributed by atoms with van der Waals surface area (Å²) in [5, 5.41) is 9.17. The summed E-state index contributed by atoms with van der Waals surface area (Å²) in [5.41, 5.74) is 7.27. The first-order valence-corrected chi connectivity index (χ1v) is 5.83. The maximum Gasteiger partial charge on any atom is 0.337 e. The number of benzene rings is 1. The van der Waals surface area contributed by atoms with Gasteiger partial charge in [0.25, 0.3) is 0 Å². The first-order chi connectivity index (χ1) is 7.99. The van der Waals surface area contributed by atoms with Crippen molar-refractivity contribution in [3.63, 3.8) is 0 Å². The number of carboxylic acids is 1. The van der Waals surface area contributed by atoms with Crippen LogP contribution in [0.15, 0.2) is 18.2 Å². The van der Waals surface area contributed by atoms with E-state index in [1.54, 1.807) is 18.2 Å². The predicted molar refractivity (Wildman–Crippen MR) is 70.6 cm³/mol. The maximum absolute atomic E-state index is 11.2. The number of aromatic carboxylic acids is 1. The zero-order valence-electron chi connectivity index (χ0n) is 10.6. The van der Waals surface area contributed by atoms with Crippen LogP contribution in [0.25, 0.3) is 0 Å². The smallest absolute Gasteiger partial charge is 0.337 e. The molecule has 0 aliphatic carbocycles.